The molecule has 1 heteroatoms. The lowest BCUT2D eigenvalue weighted by Crippen LogP contribution is -2.27. The summed E-state index contributed by atoms with van der Waals surface area (Å²) in [5, 5.41) is 9.95. The van der Waals surface area contributed by atoms with Crippen molar-refractivity contribution in [2.45, 2.75) is 25.9 Å². The SMILES string of the molecule is C=C(C)C(C)(O)Cc1ccccc1. The molecule has 0 aliphatic carbocycles. The van der Waals surface area contributed by atoms with Gasteiger partial charge in [0.25, 0.3) is 0 Å². The van der Waals surface area contributed by atoms with Crippen molar-refractivity contribution in [1.82, 2.24) is 0 Å². The van der Waals surface area contributed by atoms with Crippen LogP contribution in [-0.2, 0) is 6.42 Å². The molecule has 0 saturated heterocycles. The van der Waals surface area contributed by atoms with Crippen LogP contribution in [0.2, 0.25) is 0 Å². The number of aliphatic hydroxyl groups is 1. The van der Waals surface area contributed by atoms with Crippen molar-refractivity contribution in [3.8, 4) is 0 Å². The highest BCUT2D eigenvalue weighted by atomic mass is 16.3. The monoisotopic (exact) mass is 176 g/mol. The second-order valence-electron chi connectivity index (χ2n) is 3.72. The minimum atomic E-state index is -0.790. The smallest absolute Gasteiger partial charge is 0.0863 e. The van der Waals surface area contributed by atoms with Crippen LogP contribution in [-0.4, -0.2) is 10.7 Å². The second kappa shape index (κ2) is 3.75. The summed E-state index contributed by atoms with van der Waals surface area (Å²) in [4.78, 5) is 0. The predicted molar refractivity (Wildman–Crippen MR) is 55.6 cm³/mol. The average Bonchev–Trinajstić information content (AvgIpc) is 2.05. The first-order chi connectivity index (χ1) is 6.02. The van der Waals surface area contributed by atoms with E-state index in [1.165, 1.54) is 0 Å². The molecule has 0 aromatic heterocycles. The van der Waals surface area contributed by atoms with E-state index in [-0.39, 0.29) is 0 Å². The lowest BCUT2D eigenvalue weighted by Gasteiger charge is -2.23. The van der Waals surface area contributed by atoms with E-state index < -0.39 is 5.60 Å². The lowest BCUT2D eigenvalue weighted by molar-refractivity contribution is 0.0996. The molecule has 1 aromatic rings. The third-order valence-electron chi connectivity index (χ3n) is 2.31. The summed E-state index contributed by atoms with van der Waals surface area (Å²) in [6.07, 6.45) is 0.628. The lowest BCUT2D eigenvalue weighted by atomic mass is 9.91. The Labute approximate surface area is 79.7 Å². The Balaban J connectivity index is 2.75. The fourth-order valence-corrected chi connectivity index (χ4v) is 1.14. The highest BCUT2D eigenvalue weighted by molar-refractivity contribution is 5.21. The van der Waals surface area contributed by atoms with Gasteiger partial charge in [-0.1, -0.05) is 36.9 Å². The Morgan fingerprint density at radius 3 is 2.38 bits per heavy atom. The Morgan fingerprint density at radius 1 is 1.38 bits per heavy atom. The van der Waals surface area contributed by atoms with Crippen LogP contribution in [0.3, 0.4) is 0 Å². The van der Waals surface area contributed by atoms with Crippen molar-refractivity contribution in [2.75, 3.05) is 0 Å². The van der Waals surface area contributed by atoms with Gasteiger partial charge in [-0.2, -0.15) is 0 Å². The van der Waals surface area contributed by atoms with Gasteiger partial charge >= 0.3 is 0 Å². The molecular formula is C12H16O. The molecule has 0 amide bonds. The molecule has 0 heterocycles. The van der Waals surface area contributed by atoms with Gasteiger partial charge in [0.2, 0.25) is 0 Å². The first-order valence-corrected chi connectivity index (χ1v) is 4.44. The van der Waals surface area contributed by atoms with E-state index >= 15 is 0 Å². The Kier molecular flexibility index (Phi) is 2.89. The van der Waals surface area contributed by atoms with Crippen LogP contribution in [0.25, 0.3) is 0 Å². The molecule has 70 valence electrons. The van der Waals surface area contributed by atoms with Gasteiger partial charge in [0, 0.05) is 6.42 Å². The van der Waals surface area contributed by atoms with Gasteiger partial charge in [-0.05, 0) is 25.0 Å². The quantitative estimate of drug-likeness (QED) is 0.702. The number of hydrogen-bond acceptors (Lipinski definition) is 1. The molecule has 1 unspecified atom stereocenters. The van der Waals surface area contributed by atoms with Gasteiger partial charge in [-0.3, -0.25) is 0 Å². The minimum Gasteiger partial charge on any atom is -0.385 e. The van der Waals surface area contributed by atoms with Gasteiger partial charge in [-0.25, -0.2) is 0 Å². The van der Waals surface area contributed by atoms with Crippen molar-refractivity contribution < 1.29 is 5.11 Å². The van der Waals surface area contributed by atoms with Gasteiger partial charge < -0.3 is 5.11 Å². The first kappa shape index (κ1) is 10.0. The molecule has 1 nitrogen and oxygen atoms in total. The summed E-state index contributed by atoms with van der Waals surface area (Å²) in [5.74, 6) is 0. The van der Waals surface area contributed by atoms with Crippen LogP contribution in [0, 0.1) is 0 Å². The fourth-order valence-electron chi connectivity index (χ4n) is 1.14. The van der Waals surface area contributed by atoms with E-state index in [2.05, 4.69) is 6.58 Å². The maximum absolute atomic E-state index is 9.95. The predicted octanol–water partition coefficient (Wildman–Crippen LogP) is 2.56. The van der Waals surface area contributed by atoms with E-state index in [4.69, 9.17) is 0 Å². The summed E-state index contributed by atoms with van der Waals surface area (Å²) >= 11 is 0. The van der Waals surface area contributed by atoms with Crippen molar-refractivity contribution in [2.24, 2.45) is 0 Å². The van der Waals surface area contributed by atoms with Crippen molar-refractivity contribution >= 4 is 0 Å². The summed E-state index contributed by atoms with van der Waals surface area (Å²) in [6.45, 7) is 7.42. The number of rotatable bonds is 3. The van der Waals surface area contributed by atoms with E-state index in [1.54, 1.807) is 6.92 Å². The van der Waals surface area contributed by atoms with Gasteiger partial charge in [0.15, 0.2) is 0 Å². The topological polar surface area (TPSA) is 20.2 Å². The molecule has 0 aliphatic heterocycles. The minimum absolute atomic E-state index is 0.628. The van der Waals surface area contributed by atoms with Crippen molar-refractivity contribution in [3.63, 3.8) is 0 Å². The molecule has 13 heavy (non-hydrogen) atoms. The highest BCUT2D eigenvalue weighted by Gasteiger charge is 2.21. The van der Waals surface area contributed by atoms with E-state index in [9.17, 15) is 5.11 Å². The zero-order chi connectivity index (χ0) is 9.90. The molecule has 1 atom stereocenters. The van der Waals surface area contributed by atoms with Crippen LogP contribution in [0.1, 0.15) is 19.4 Å². The van der Waals surface area contributed by atoms with Crippen molar-refractivity contribution in [3.05, 3.63) is 48.0 Å². The molecule has 0 radical (unpaired) electrons. The van der Waals surface area contributed by atoms with Crippen LogP contribution >= 0.6 is 0 Å². The van der Waals surface area contributed by atoms with E-state index in [0.29, 0.717) is 6.42 Å². The summed E-state index contributed by atoms with van der Waals surface area (Å²) in [7, 11) is 0. The average molecular weight is 176 g/mol. The third kappa shape index (κ3) is 2.71. The zero-order valence-electron chi connectivity index (χ0n) is 8.25. The third-order valence-corrected chi connectivity index (χ3v) is 2.31. The fraction of sp³-hybridized carbons (Fsp3) is 0.333. The largest absolute Gasteiger partial charge is 0.385 e. The Morgan fingerprint density at radius 2 is 1.92 bits per heavy atom. The number of hydrogen-bond donors (Lipinski definition) is 1. The molecule has 0 spiro atoms. The van der Waals surface area contributed by atoms with Crippen LogP contribution < -0.4 is 0 Å². The molecule has 1 rings (SSSR count). The van der Waals surface area contributed by atoms with Crippen molar-refractivity contribution in [1.29, 1.82) is 0 Å². The molecule has 0 saturated carbocycles. The van der Waals surface area contributed by atoms with Crippen LogP contribution in [0.4, 0.5) is 0 Å². The molecule has 0 fully saturated rings. The summed E-state index contributed by atoms with van der Waals surface area (Å²) in [6, 6.07) is 9.95. The molecule has 1 aromatic carbocycles. The summed E-state index contributed by atoms with van der Waals surface area (Å²) in [5.41, 5.74) is 1.15. The second-order valence-corrected chi connectivity index (χ2v) is 3.72. The maximum atomic E-state index is 9.95. The molecule has 1 N–H and O–H groups in total. The standard InChI is InChI=1S/C12H16O/c1-10(2)12(3,13)9-11-7-5-4-6-8-11/h4-8,13H,1,9H2,2-3H3. The van der Waals surface area contributed by atoms with Gasteiger partial charge in [-0.15, -0.1) is 0 Å². The van der Waals surface area contributed by atoms with Gasteiger partial charge in [0.05, 0.1) is 5.60 Å². The van der Waals surface area contributed by atoms with Crippen LogP contribution in [0.5, 0.6) is 0 Å². The summed E-state index contributed by atoms with van der Waals surface area (Å²) < 4.78 is 0. The van der Waals surface area contributed by atoms with E-state index in [0.717, 1.165) is 11.1 Å². The zero-order valence-corrected chi connectivity index (χ0v) is 8.25. The molecular weight excluding hydrogens is 160 g/mol. The Bertz CT molecular complexity index is 285. The van der Waals surface area contributed by atoms with E-state index in [1.807, 2.05) is 37.3 Å². The van der Waals surface area contributed by atoms with Crippen LogP contribution in [0.15, 0.2) is 42.5 Å². The highest BCUT2D eigenvalue weighted by Crippen LogP contribution is 2.19. The first-order valence-electron chi connectivity index (χ1n) is 4.44. The normalized spacial score (nSPS) is 15.0. The number of benzene rings is 1. The Hall–Kier alpha value is -1.08. The molecule has 0 bridgehead atoms. The maximum Gasteiger partial charge on any atom is 0.0863 e. The van der Waals surface area contributed by atoms with Gasteiger partial charge in [0.1, 0.15) is 0 Å². The molecule has 0 aliphatic rings.